The molecule has 6 heteroatoms. The van der Waals surface area contributed by atoms with Crippen LogP contribution in [0, 0.1) is 5.92 Å². The highest BCUT2D eigenvalue weighted by molar-refractivity contribution is 5.76. The van der Waals surface area contributed by atoms with Crippen molar-refractivity contribution in [2.24, 2.45) is 5.92 Å². The van der Waals surface area contributed by atoms with Gasteiger partial charge in [0.15, 0.2) is 5.65 Å². The van der Waals surface area contributed by atoms with E-state index in [0.717, 1.165) is 49.9 Å². The van der Waals surface area contributed by atoms with Crippen LogP contribution in [-0.2, 0) is 11.2 Å². The summed E-state index contributed by atoms with van der Waals surface area (Å²) in [5.41, 5.74) is 3.92. The number of aromatic nitrogens is 4. The van der Waals surface area contributed by atoms with Crippen molar-refractivity contribution in [2.75, 3.05) is 6.54 Å². The van der Waals surface area contributed by atoms with Gasteiger partial charge in [-0.2, -0.15) is 5.10 Å². The molecule has 1 aliphatic carbocycles. The Morgan fingerprint density at radius 3 is 2.67 bits per heavy atom. The molecule has 27 heavy (non-hydrogen) atoms. The van der Waals surface area contributed by atoms with Gasteiger partial charge in [0, 0.05) is 31.3 Å². The van der Waals surface area contributed by atoms with Crippen molar-refractivity contribution in [1.29, 1.82) is 0 Å². The fourth-order valence-corrected chi connectivity index (χ4v) is 3.96. The second-order valence-electron chi connectivity index (χ2n) is 7.37. The average molecular weight is 363 g/mol. The monoisotopic (exact) mass is 363 g/mol. The molecule has 0 aliphatic heterocycles. The van der Waals surface area contributed by atoms with Crippen LogP contribution in [0.2, 0.25) is 0 Å². The first-order valence-corrected chi connectivity index (χ1v) is 9.75. The number of amides is 1. The molecule has 0 radical (unpaired) electrons. The van der Waals surface area contributed by atoms with E-state index in [9.17, 15) is 4.79 Å². The number of H-pyrrole nitrogens is 1. The van der Waals surface area contributed by atoms with Crippen LogP contribution in [-0.4, -0.2) is 32.6 Å². The van der Waals surface area contributed by atoms with Crippen LogP contribution in [0.15, 0.2) is 42.7 Å². The van der Waals surface area contributed by atoms with Crippen molar-refractivity contribution >= 4 is 17.1 Å². The molecule has 2 heterocycles. The van der Waals surface area contributed by atoms with E-state index in [4.69, 9.17) is 0 Å². The van der Waals surface area contributed by atoms with E-state index >= 15 is 0 Å². The van der Waals surface area contributed by atoms with Crippen LogP contribution in [0.4, 0.5) is 0 Å². The number of carbonyl (C=O) groups is 1. The zero-order valence-corrected chi connectivity index (χ0v) is 15.4. The number of aromatic amines is 1. The van der Waals surface area contributed by atoms with Gasteiger partial charge in [0.25, 0.3) is 0 Å². The fourth-order valence-electron chi connectivity index (χ4n) is 3.96. The van der Waals surface area contributed by atoms with Gasteiger partial charge in [-0.05, 0) is 43.6 Å². The zero-order valence-electron chi connectivity index (χ0n) is 15.4. The molecule has 2 aromatic heterocycles. The van der Waals surface area contributed by atoms with E-state index in [1.54, 1.807) is 12.4 Å². The number of nitrogens with zero attached hydrogens (tertiary/aromatic N) is 3. The highest BCUT2D eigenvalue weighted by Crippen LogP contribution is 2.36. The predicted octanol–water partition coefficient (Wildman–Crippen LogP) is 3.38. The molecule has 140 valence electrons. The van der Waals surface area contributed by atoms with Gasteiger partial charge >= 0.3 is 0 Å². The standard InChI is InChI=1S/C21H25N5O/c27-18(11-8-15-4-2-1-3-5-15)24-14-16-6-9-17(10-7-16)19-20-21(26-25-19)23-13-12-22-20/h1-5,12-13,16-17H,6-11,14H2,(H,24,27)(H,23,25,26). The molecule has 1 aromatic carbocycles. The third kappa shape index (κ3) is 4.32. The lowest BCUT2D eigenvalue weighted by atomic mass is 9.80. The minimum atomic E-state index is 0.149. The molecule has 0 bridgehead atoms. The summed E-state index contributed by atoms with van der Waals surface area (Å²) in [6.45, 7) is 0.782. The van der Waals surface area contributed by atoms with Crippen LogP contribution >= 0.6 is 0 Å². The Morgan fingerprint density at radius 2 is 1.85 bits per heavy atom. The van der Waals surface area contributed by atoms with Gasteiger partial charge in [-0.1, -0.05) is 30.3 Å². The summed E-state index contributed by atoms with van der Waals surface area (Å²) in [6, 6.07) is 10.2. The second kappa shape index (κ2) is 8.29. The number of benzene rings is 1. The minimum Gasteiger partial charge on any atom is -0.356 e. The molecule has 0 saturated heterocycles. The summed E-state index contributed by atoms with van der Waals surface area (Å²) < 4.78 is 0. The van der Waals surface area contributed by atoms with Crippen molar-refractivity contribution < 1.29 is 4.79 Å². The lowest BCUT2D eigenvalue weighted by Gasteiger charge is -2.28. The molecule has 0 spiro atoms. The van der Waals surface area contributed by atoms with E-state index in [1.165, 1.54) is 5.56 Å². The summed E-state index contributed by atoms with van der Waals surface area (Å²) in [4.78, 5) is 20.8. The third-order valence-corrected chi connectivity index (χ3v) is 5.54. The predicted molar refractivity (Wildman–Crippen MR) is 104 cm³/mol. The van der Waals surface area contributed by atoms with Crippen LogP contribution in [0.1, 0.15) is 49.3 Å². The Hall–Kier alpha value is -2.76. The van der Waals surface area contributed by atoms with Gasteiger partial charge in [-0.15, -0.1) is 0 Å². The van der Waals surface area contributed by atoms with E-state index in [2.05, 4.69) is 37.6 Å². The second-order valence-corrected chi connectivity index (χ2v) is 7.37. The first kappa shape index (κ1) is 17.6. The average Bonchev–Trinajstić information content (AvgIpc) is 3.16. The molecule has 3 aromatic rings. The quantitative estimate of drug-likeness (QED) is 0.703. The van der Waals surface area contributed by atoms with Gasteiger partial charge < -0.3 is 5.32 Å². The molecule has 1 amide bonds. The van der Waals surface area contributed by atoms with Gasteiger partial charge in [0.05, 0.1) is 5.69 Å². The molecule has 2 N–H and O–H groups in total. The molecule has 0 atom stereocenters. The maximum Gasteiger partial charge on any atom is 0.220 e. The number of hydrogen-bond acceptors (Lipinski definition) is 4. The molecule has 4 rings (SSSR count). The first-order valence-electron chi connectivity index (χ1n) is 9.75. The SMILES string of the molecule is O=C(CCc1ccccc1)NCC1CCC(c2[nH]nc3nccnc23)CC1. The molecular weight excluding hydrogens is 338 g/mol. The van der Waals surface area contributed by atoms with Crippen LogP contribution < -0.4 is 5.32 Å². The number of nitrogens with one attached hydrogen (secondary N) is 2. The Morgan fingerprint density at radius 1 is 1.07 bits per heavy atom. The molecule has 1 fully saturated rings. The van der Waals surface area contributed by atoms with Gasteiger partial charge in [0.2, 0.25) is 5.91 Å². The minimum absolute atomic E-state index is 0.149. The molecule has 0 unspecified atom stereocenters. The Balaban J connectivity index is 1.22. The van der Waals surface area contributed by atoms with E-state index in [1.807, 2.05) is 18.2 Å². The molecule has 6 nitrogen and oxygen atoms in total. The van der Waals surface area contributed by atoms with E-state index in [-0.39, 0.29) is 5.91 Å². The number of hydrogen-bond donors (Lipinski definition) is 2. The van der Waals surface area contributed by atoms with E-state index in [0.29, 0.717) is 23.9 Å². The zero-order chi connectivity index (χ0) is 18.5. The Labute approximate surface area is 158 Å². The topological polar surface area (TPSA) is 83.6 Å². The fraction of sp³-hybridized carbons (Fsp3) is 0.429. The maximum absolute atomic E-state index is 12.1. The molecule has 1 saturated carbocycles. The van der Waals surface area contributed by atoms with Crippen molar-refractivity contribution in [3.8, 4) is 0 Å². The lowest BCUT2D eigenvalue weighted by molar-refractivity contribution is -0.121. The first-order chi connectivity index (χ1) is 13.3. The largest absolute Gasteiger partial charge is 0.356 e. The molecule has 1 aliphatic rings. The third-order valence-electron chi connectivity index (χ3n) is 5.54. The maximum atomic E-state index is 12.1. The Kier molecular flexibility index (Phi) is 5.42. The highest BCUT2D eigenvalue weighted by Gasteiger charge is 2.25. The molecular formula is C21H25N5O. The summed E-state index contributed by atoms with van der Waals surface area (Å²) in [5, 5.41) is 10.5. The van der Waals surface area contributed by atoms with Crippen molar-refractivity contribution in [1.82, 2.24) is 25.5 Å². The highest BCUT2D eigenvalue weighted by atomic mass is 16.1. The van der Waals surface area contributed by atoms with Gasteiger partial charge in [0.1, 0.15) is 5.52 Å². The van der Waals surface area contributed by atoms with Crippen molar-refractivity contribution in [2.45, 2.75) is 44.4 Å². The van der Waals surface area contributed by atoms with Crippen LogP contribution in [0.3, 0.4) is 0 Å². The normalized spacial score (nSPS) is 19.9. The summed E-state index contributed by atoms with van der Waals surface area (Å²) >= 11 is 0. The van der Waals surface area contributed by atoms with Gasteiger partial charge in [-0.3, -0.25) is 9.89 Å². The lowest BCUT2D eigenvalue weighted by Crippen LogP contribution is -2.31. The smallest absolute Gasteiger partial charge is 0.220 e. The summed E-state index contributed by atoms with van der Waals surface area (Å²) in [6.07, 6.45) is 9.17. The number of rotatable bonds is 6. The van der Waals surface area contributed by atoms with Gasteiger partial charge in [-0.25, -0.2) is 9.97 Å². The van der Waals surface area contributed by atoms with E-state index < -0.39 is 0 Å². The van der Waals surface area contributed by atoms with Crippen molar-refractivity contribution in [3.63, 3.8) is 0 Å². The number of carbonyl (C=O) groups excluding carboxylic acids is 1. The van der Waals surface area contributed by atoms with Crippen LogP contribution in [0.5, 0.6) is 0 Å². The summed E-state index contributed by atoms with van der Waals surface area (Å²) in [7, 11) is 0. The number of fused-ring (bicyclic) bond motifs is 1. The summed E-state index contributed by atoms with van der Waals surface area (Å²) in [5.74, 6) is 1.16. The Bertz CT molecular complexity index is 884. The number of aryl methyl sites for hydroxylation is 1. The van der Waals surface area contributed by atoms with Crippen LogP contribution in [0.25, 0.3) is 11.2 Å². The van der Waals surface area contributed by atoms with Crippen molar-refractivity contribution in [3.05, 3.63) is 54.0 Å².